The fraction of sp³-hybridized carbons (Fsp3) is 0.125. The van der Waals surface area contributed by atoms with Gasteiger partial charge in [0.15, 0.2) is 0 Å². The maximum absolute atomic E-state index is 2.54. The van der Waals surface area contributed by atoms with Crippen molar-refractivity contribution in [2.24, 2.45) is 0 Å². The Morgan fingerprint density at radius 1 is 0.406 bits per heavy atom. The standard InChI is InChI=1S/C32H20/c1-3-10-22-20(8-1)28-21-9-2-4-11-23(21)29(22)32-30-24-15-14-18-7-5-6-17-12-13-19(27(24)26(17)18)16-25(30)31(28)32/h1-16,28-29,31-32H. The van der Waals surface area contributed by atoms with Gasteiger partial charge in [0.1, 0.15) is 0 Å². The molecule has 0 aromatic heterocycles. The molecular weight excluding hydrogens is 384 g/mol. The van der Waals surface area contributed by atoms with Gasteiger partial charge in [0.25, 0.3) is 0 Å². The average molecular weight is 405 g/mol. The zero-order chi connectivity index (χ0) is 20.6. The highest BCUT2D eigenvalue weighted by Crippen LogP contribution is 2.71. The number of rotatable bonds is 0. The largest absolute Gasteiger partial charge is 0.0620 e. The molecule has 0 saturated carbocycles. The van der Waals surface area contributed by atoms with Crippen molar-refractivity contribution in [2.45, 2.75) is 23.7 Å². The van der Waals surface area contributed by atoms with E-state index < -0.39 is 0 Å². The fourth-order valence-corrected chi connectivity index (χ4v) is 7.80. The minimum absolute atomic E-state index is 0.475. The predicted octanol–water partition coefficient (Wildman–Crippen LogP) is 8.06. The molecular formula is C32H20. The summed E-state index contributed by atoms with van der Waals surface area (Å²) in [6, 6.07) is 37.2. The molecule has 2 bridgehead atoms. The second-order valence-electron chi connectivity index (χ2n) is 10.0. The average Bonchev–Trinajstić information content (AvgIpc) is 2.85. The van der Waals surface area contributed by atoms with Crippen LogP contribution in [0.2, 0.25) is 0 Å². The Labute approximate surface area is 186 Å². The molecule has 0 spiro atoms. The highest BCUT2D eigenvalue weighted by molar-refractivity contribution is 6.24. The van der Waals surface area contributed by atoms with Crippen molar-refractivity contribution in [1.29, 1.82) is 0 Å². The third-order valence-electron chi connectivity index (χ3n) is 8.85. The van der Waals surface area contributed by atoms with Gasteiger partial charge in [-0.15, -0.1) is 0 Å². The first-order valence-corrected chi connectivity index (χ1v) is 11.8. The SMILES string of the molecule is c1ccc2c(c1)C1c3ccccc3C2C2c3c(cc4ccc5cccc6ccc3c4c56)C12. The number of hydrogen-bond acceptors (Lipinski definition) is 0. The lowest BCUT2D eigenvalue weighted by molar-refractivity contribution is 0.342. The molecule has 10 rings (SSSR count). The van der Waals surface area contributed by atoms with Gasteiger partial charge in [-0.2, -0.15) is 0 Å². The van der Waals surface area contributed by atoms with Crippen molar-refractivity contribution in [3.63, 3.8) is 0 Å². The fourth-order valence-electron chi connectivity index (χ4n) is 7.80. The molecule has 2 atom stereocenters. The van der Waals surface area contributed by atoms with Crippen LogP contribution < -0.4 is 0 Å². The molecule has 0 N–H and O–H groups in total. The summed E-state index contributed by atoms with van der Waals surface area (Å²) in [6.45, 7) is 0. The van der Waals surface area contributed by atoms with E-state index in [1.54, 1.807) is 33.4 Å². The van der Waals surface area contributed by atoms with E-state index in [1.807, 2.05) is 0 Å². The molecule has 6 aromatic carbocycles. The van der Waals surface area contributed by atoms with Crippen LogP contribution in [0, 0.1) is 0 Å². The van der Waals surface area contributed by atoms with Crippen LogP contribution in [0.25, 0.3) is 32.3 Å². The molecule has 2 unspecified atom stereocenters. The molecule has 0 fully saturated rings. The van der Waals surface area contributed by atoms with Crippen molar-refractivity contribution in [3.8, 4) is 0 Å². The predicted molar refractivity (Wildman–Crippen MR) is 132 cm³/mol. The Morgan fingerprint density at radius 2 is 0.969 bits per heavy atom. The number of hydrogen-bond donors (Lipinski definition) is 0. The topological polar surface area (TPSA) is 0 Å². The van der Waals surface area contributed by atoms with Gasteiger partial charge in [0.05, 0.1) is 0 Å². The van der Waals surface area contributed by atoms with E-state index in [2.05, 4.69) is 97.1 Å². The van der Waals surface area contributed by atoms with Gasteiger partial charge in [-0.05, 0) is 65.7 Å². The molecule has 0 heteroatoms. The number of benzene rings is 6. The summed E-state index contributed by atoms with van der Waals surface area (Å²) in [6.07, 6.45) is 0. The van der Waals surface area contributed by atoms with Gasteiger partial charge in [0, 0.05) is 23.7 Å². The monoisotopic (exact) mass is 404 g/mol. The Hall–Kier alpha value is -3.64. The minimum Gasteiger partial charge on any atom is -0.0620 e. The quantitative estimate of drug-likeness (QED) is 0.225. The Kier molecular flexibility index (Phi) is 2.62. The molecule has 0 aliphatic heterocycles. The maximum atomic E-state index is 2.54. The third kappa shape index (κ3) is 1.62. The lowest BCUT2D eigenvalue weighted by Crippen LogP contribution is -2.43. The van der Waals surface area contributed by atoms with Crippen molar-refractivity contribution in [3.05, 3.63) is 130 Å². The molecule has 4 aliphatic rings. The van der Waals surface area contributed by atoms with Gasteiger partial charge >= 0.3 is 0 Å². The molecule has 0 saturated heterocycles. The van der Waals surface area contributed by atoms with Crippen LogP contribution in [0.4, 0.5) is 0 Å². The zero-order valence-corrected chi connectivity index (χ0v) is 17.5. The Morgan fingerprint density at radius 3 is 1.62 bits per heavy atom. The molecule has 0 amide bonds. The smallest absolute Gasteiger partial charge is 0.0170 e. The summed E-state index contributed by atoms with van der Waals surface area (Å²) >= 11 is 0. The Balaban J connectivity index is 1.42. The van der Waals surface area contributed by atoms with Crippen LogP contribution in [0.3, 0.4) is 0 Å². The lowest BCUT2D eigenvalue weighted by atomic mass is 9.45. The van der Waals surface area contributed by atoms with Crippen molar-refractivity contribution < 1.29 is 0 Å². The molecule has 0 nitrogen and oxygen atoms in total. The minimum atomic E-state index is 0.475. The van der Waals surface area contributed by atoms with Gasteiger partial charge < -0.3 is 0 Å². The Bertz CT molecular complexity index is 1690. The molecule has 0 radical (unpaired) electrons. The van der Waals surface area contributed by atoms with Gasteiger partial charge in [-0.3, -0.25) is 0 Å². The number of fused-ring (bicyclic) bond motifs is 2. The van der Waals surface area contributed by atoms with Crippen molar-refractivity contribution in [1.82, 2.24) is 0 Å². The summed E-state index contributed by atoms with van der Waals surface area (Å²) in [7, 11) is 0. The van der Waals surface area contributed by atoms with E-state index >= 15 is 0 Å². The molecule has 6 aromatic rings. The van der Waals surface area contributed by atoms with Crippen molar-refractivity contribution >= 4 is 32.3 Å². The molecule has 0 heterocycles. The first-order chi connectivity index (χ1) is 15.9. The summed E-state index contributed by atoms with van der Waals surface area (Å²) < 4.78 is 0. The second-order valence-corrected chi connectivity index (χ2v) is 10.0. The summed E-state index contributed by atoms with van der Waals surface area (Å²) in [5.74, 6) is 2.15. The molecule has 148 valence electrons. The third-order valence-corrected chi connectivity index (χ3v) is 8.85. The second kappa shape index (κ2) is 5.22. The zero-order valence-electron chi connectivity index (χ0n) is 17.5. The van der Waals surface area contributed by atoms with Crippen LogP contribution in [0.15, 0.2) is 97.1 Å². The van der Waals surface area contributed by atoms with E-state index in [1.165, 1.54) is 32.3 Å². The van der Waals surface area contributed by atoms with Crippen molar-refractivity contribution in [2.75, 3.05) is 0 Å². The van der Waals surface area contributed by atoms with Gasteiger partial charge in [-0.25, -0.2) is 0 Å². The normalized spacial score (nSPS) is 24.2. The highest BCUT2D eigenvalue weighted by Gasteiger charge is 2.57. The molecule has 4 aliphatic carbocycles. The maximum Gasteiger partial charge on any atom is 0.0170 e. The highest BCUT2D eigenvalue weighted by atomic mass is 14.6. The van der Waals surface area contributed by atoms with Crippen LogP contribution in [0.5, 0.6) is 0 Å². The van der Waals surface area contributed by atoms with Gasteiger partial charge in [-0.1, -0.05) is 97.1 Å². The molecule has 32 heavy (non-hydrogen) atoms. The van der Waals surface area contributed by atoms with Crippen LogP contribution in [-0.2, 0) is 0 Å². The van der Waals surface area contributed by atoms with E-state index in [9.17, 15) is 0 Å². The van der Waals surface area contributed by atoms with Crippen LogP contribution >= 0.6 is 0 Å². The lowest BCUT2D eigenvalue weighted by Gasteiger charge is -2.57. The van der Waals surface area contributed by atoms with E-state index in [4.69, 9.17) is 0 Å². The summed E-state index contributed by atoms with van der Waals surface area (Å²) in [5.41, 5.74) is 9.48. The van der Waals surface area contributed by atoms with Crippen LogP contribution in [0.1, 0.15) is 57.1 Å². The van der Waals surface area contributed by atoms with E-state index in [-0.39, 0.29) is 0 Å². The first-order valence-electron chi connectivity index (χ1n) is 11.8. The van der Waals surface area contributed by atoms with E-state index in [0.29, 0.717) is 23.7 Å². The van der Waals surface area contributed by atoms with Gasteiger partial charge in [0.2, 0.25) is 0 Å². The van der Waals surface area contributed by atoms with E-state index in [0.717, 1.165) is 0 Å². The first kappa shape index (κ1) is 16.1. The summed E-state index contributed by atoms with van der Waals surface area (Å²) in [5, 5.41) is 8.53. The van der Waals surface area contributed by atoms with Crippen LogP contribution in [-0.4, -0.2) is 0 Å². The summed E-state index contributed by atoms with van der Waals surface area (Å²) in [4.78, 5) is 0.